The van der Waals surface area contributed by atoms with Gasteiger partial charge in [0.05, 0.1) is 0 Å². The average Bonchev–Trinajstić information content (AvgIpc) is 3.11. The smallest absolute Gasteiger partial charge is 0.302 e. The molecule has 4 aliphatic carbocycles. The number of ether oxygens (including phenoxy) is 1. The Bertz CT molecular complexity index is 958. The molecule has 0 spiro atoms. The maximum absolute atomic E-state index is 13.4. The highest BCUT2D eigenvalue weighted by molar-refractivity contribution is 6.09. The quantitative estimate of drug-likeness (QED) is 0.329. The normalized spacial score (nSPS) is 38.8. The van der Waals surface area contributed by atoms with Crippen molar-refractivity contribution in [1.82, 2.24) is 0 Å². The molecule has 0 aliphatic heterocycles. The van der Waals surface area contributed by atoms with Gasteiger partial charge < -0.3 is 4.74 Å². The van der Waals surface area contributed by atoms with Gasteiger partial charge in [-0.25, -0.2) is 0 Å². The minimum atomic E-state index is -0.163. The van der Waals surface area contributed by atoms with Crippen molar-refractivity contribution < 1.29 is 14.3 Å². The van der Waals surface area contributed by atoms with Crippen LogP contribution in [0.3, 0.4) is 0 Å². The van der Waals surface area contributed by atoms with Crippen molar-refractivity contribution >= 4 is 11.8 Å². The summed E-state index contributed by atoms with van der Waals surface area (Å²) < 4.78 is 5.56. The highest BCUT2D eigenvalue weighted by Gasteiger charge is 2.57. The number of allylic oxidation sites excluding steroid dienone is 3. The van der Waals surface area contributed by atoms with E-state index in [4.69, 9.17) is 4.74 Å². The van der Waals surface area contributed by atoms with Crippen LogP contribution in [0.2, 0.25) is 0 Å². The number of hydrogen-bond donors (Lipinski definition) is 0. The summed E-state index contributed by atoms with van der Waals surface area (Å²) in [4.78, 5) is 24.8. The van der Waals surface area contributed by atoms with Crippen molar-refractivity contribution in [2.24, 2.45) is 28.6 Å². The summed E-state index contributed by atoms with van der Waals surface area (Å²) in [5, 5.41) is 0. The standard InChI is InChI=1S/C28H34O3/c1-18(29)31-21-13-15-27(2)20(17-21)9-10-22-23-11-12-25(28(23,3)16-14-24(22)27)26(30)19-7-5-4-6-8-19/h4-9,12,21-24H,10-11,13-17H2,1-3H3/t21-,22-,23+,24+,27-,28-/m0/s1. The van der Waals surface area contributed by atoms with Gasteiger partial charge in [0, 0.05) is 24.5 Å². The summed E-state index contributed by atoms with van der Waals surface area (Å²) in [6.45, 7) is 6.33. The van der Waals surface area contributed by atoms with E-state index in [-0.39, 0.29) is 28.7 Å². The molecule has 0 N–H and O–H groups in total. The highest BCUT2D eigenvalue weighted by atomic mass is 16.5. The zero-order valence-corrected chi connectivity index (χ0v) is 19.0. The third-order valence-corrected chi connectivity index (χ3v) is 9.25. The summed E-state index contributed by atoms with van der Waals surface area (Å²) in [5.74, 6) is 1.92. The van der Waals surface area contributed by atoms with Crippen LogP contribution in [0.25, 0.3) is 0 Å². The second kappa shape index (κ2) is 7.46. The average molecular weight is 419 g/mol. The lowest BCUT2D eigenvalue weighted by Gasteiger charge is -2.57. The van der Waals surface area contributed by atoms with E-state index < -0.39 is 0 Å². The summed E-state index contributed by atoms with van der Waals surface area (Å²) in [7, 11) is 0. The lowest BCUT2D eigenvalue weighted by molar-refractivity contribution is -0.148. The molecule has 2 saturated carbocycles. The molecule has 1 aromatic rings. The molecule has 0 saturated heterocycles. The minimum Gasteiger partial charge on any atom is -0.462 e. The molecule has 5 rings (SSSR count). The van der Waals surface area contributed by atoms with Crippen LogP contribution in [0.5, 0.6) is 0 Å². The molecule has 4 aliphatic rings. The van der Waals surface area contributed by atoms with Crippen LogP contribution in [-0.4, -0.2) is 17.9 Å². The van der Waals surface area contributed by atoms with Crippen molar-refractivity contribution in [3.05, 3.63) is 59.2 Å². The Hall–Kier alpha value is -2.16. The Morgan fingerprint density at radius 3 is 2.42 bits per heavy atom. The van der Waals surface area contributed by atoms with E-state index in [2.05, 4.69) is 26.0 Å². The van der Waals surface area contributed by atoms with E-state index in [0.717, 1.165) is 49.7 Å². The Kier molecular flexibility index (Phi) is 4.99. The lowest BCUT2D eigenvalue weighted by atomic mass is 9.47. The fourth-order valence-corrected chi connectivity index (χ4v) is 7.63. The number of rotatable bonds is 3. The first kappa shape index (κ1) is 20.7. The predicted molar refractivity (Wildman–Crippen MR) is 121 cm³/mol. The Morgan fingerprint density at radius 1 is 0.935 bits per heavy atom. The minimum absolute atomic E-state index is 0.00919. The summed E-state index contributed by atoms with van der Waals surface area (Å²) >= 11 is 0. The van der Waals surface area contributed by atoms with Crippen LogP contribution in [-0.2, 0) is 9.53 Å². The molecule has 164 valence electrons. The van der Waals surface area contributed by atoms with E-state index >= 15 is 0 Å². The van der Waals surface area contributed by atoms with E-state index in [0.29, 0.717) is 17.8 Å². The molecule has 3 heteroatoms. The maximum atomic E-state index is 13.4. The van der Waals surface area contributed by atoms with Crippen molar-refractivity contribution in [2.75, 3.05) is 0 Å². The number of carbonyl (C=O) groups excluding carboxylic acids is 2. The van der Waals surface area contributed by atoms with E-state index in [1.807, 2.05) is 30.3 Å². The molecule has 3 nitrogen and oxygen atoms in total. The first-order valence-electron chi connectivity index (χ1n) is 12.0. The van der Waals surface area contributed by atoms with Crippen molar-refractivity contribution in [2.45, 2.75) is 71.8 Å². The molecule has 1 aromatic carbocycles. The van der Waals surface area contributed by atoms with Gasteiger partial charge in [-0.05, 0) is 67.1 Å². The summed E-state index contributed by atoms with van der Waals surface area (Å²) in [6.07, 6.45) is 12.2. The highest BCUT2D eigenvalue weighted by Crippen LogP contribution is 2.65. The molecule has 0 unspecified atom stereocenters. The molecule has 0 bridgehead atoms. The summed E-state index contributed by atoms with van der Waals surface area (Å²) in [5.41, 5.74) is 3.60. The Balaban J connectivity index is 1.39. The fourth-order valence-electron chi connectivity index (χ4n) is 7.63. The molecule has 0 aromatic heterocycles. The second-order valence-electron chi connectivity index (χ2n) is 10.7. The molecule has 0 radical (unpaired) electrons. The zero-order chi connectivity index (χ0) is 21.8. The number of fused-ring (bicyclic) bond motifs is 5. The SMILES string of the molecule is CC(=O)O[C@H]1CC[C@@]2(C)C(=CC[C@@H]3[C@H]2CC[C@]2(C)C(C(=O)c4ccccc4)=CC[C@H]32)C1. The first-order chi connectivity index (χ1) is 14.8. The molecule has 31 heavy (non-hydrogen) atoms. The van der Waals surface area contributed by atoms with Crippen LogP contribution in [0.15, 0.2) is 53.6 Å². The fraction of sp³-hybridized carbons (Fsp3) is 0.571. The number of carbonyl (C=O) groups is 2. The number of Topliss-reactive ketones (excluding diaryl/α,β-unsaturated/α-hetero) is 1. The number of ketones is 1. The van der Waals surface area contributed by atoms with E-state index in [9.17, 15) is 9.59 Å². The number of esters is 1. The predicted octanol–water partition coefficient (Wildman–Crippen LogP) is 6.30. The van der Waals surface area contributed by atoms with Crippen LogP contribution < -0.4 is 0 Å². The van der Waals surface area contributed by atoms with Crippen molar-refractivity contribution in [3.8, 4) is 0 Å². The molecular weight excluding hydrogens is 384 g/mol. The lowest BCUT2D eigenvalue weighted by Crippen LogP contribution is -2.50. The molecule has 0 heterocycles. The Labute approximate surface area is 185 Å². The topological polar surface area (TPSA) is 43.4 Å². The zero-order valence-electron chi connectivity index (χ0n) is 19.0. The van der Waals surface area contributed by atoms with Gasteiger partial charge in [0.1, 0.15) is 6.10 Å². The van der Waals surface area contributed by atoms with Gasteiger partial charge in [-0.1, -0.05) is 61.9 Å². The van der Waals surface area contributed by atoms with Gasteiger partial charge in [0.25, 0.3) is 0 Å². The second-order valence-corrected chi connectivity index (χ2v) is 10.7. The Morgan fingerprint density at radius 2 is 1.68 bits per heavy atom. The molecule has 0 amide bonds. The van der Waals surface area contributed by atoms with Gasteiger partial charge >= 0.3 is 5.97 Å². The first-order valence-corrected chi connectivity index (χ1v) is 12.0. The van der Waals surface area contributed by atoms with Gasteiger partial charge in [-0.3, -0.25) is 9.59 Å². The summed E-state index contributed by atoms with van der Waals surface area (Å²) in [6, 6.07) is 9.78. The van der Waals surface area contributed by atoms with Gasteiger partial charge in [-0.2, -0.15) is 0 Å². The molecule has 6 atom stereocenters. The van der Waals surface area contributed by atoms with E-state index in [1.165, 1.54) is 18.9 Å². The number of benzene rings is 1. The van der Waals surface area contributed by atoms with E-state index in [1.54, 1.807) is 0 Å². The molecular formula is C28H34O3. The third kappa shape index (κ3) is 3.23. The monoisotopic (exact) mass is 418 g/mol. The number of hydrogen-bond acceptors (Lipinski definition) is 3. The third-order valence-electron chi connectivity index (χ3n) is 9.25. The van der Waals surface area contributed by atoms with Gasteiger partial charge in [0.2, 0.25) is 0 Å². The largest absolute Gasteiger partial charge is 0.462 e. The van der Waals surface area contributed by atoms with Crippen LogP contribution in [0.4, 0.5) is 0 Å². The molecule has 2 fully saturated rings. The van der Waals surface area contributed by atoms with Crippen molar-refractivity contribution in [3.63, 3.8) is 0 Å². The van der Waals surface area contributed by atoms with Crippen LogP contribution in [0.1, 0.15) is 76.1 Å². The van der Waals surface area contributed by atoms with Gasteiger partial charge in [0.15, 0.2) is 5.78 Å². The van der Waals surface area contributed by atoms with Gasteiger partial charge in [-0.15, -0.1) is 0 Å². The van der Waals surface area contributed by atoms with Crippen molar-refractivity contribution in [1.29, 1.82) is 0 Å². The van der Waals surface area contributed by atoms with Crippen LogP contribution >= 0.6 is 0 Å². The maximum Gasteiger partial charge on any atom is 0.302 e. The van der Waals surface area contributed by atoms with Crippen LogP contribution in [0, 0.1) is 28.6 Å².